The lowest BCUT2D eigenvalue weighted by molar-refractivity contribution is -0.137. The summed E-state index contributed by atoms with van der Waals surface area (Å²) < 4.78 is 46.7. The van der Waals surface area contributed by atoms with Gasteiger partial charge in [-0.25, -0.2) is 9.69 Å². The Balaban J connectivity index is 1.36. The summed E-state index contributed by atoms with van der Waals surface area (Å²) in [6.07, 6.45) is -4.72. The number of alkyl halides is 3. The van der Waals surface area contributed by atoms with Crippen LogP contribution in [0, 0.1) is 5.92 Å². The van der Waals surface area contributed by atoms with Crippen molar-refractivity contribution in [3.8, 4) is 0 Å². The van der Waals surface area contributed by atoms with Crippen molar-refractivity contribution in [2.45, 2.75) is 35.8 Å². The lowest BCUT2D eigenvalue weighted by Crippen LogP contribution is -2.33. The van der Waals surface area contributed by atoms with Crippen LogP contribution in [0.15, 0.2) is 82.6 Å². The van der Waals surface area contributed by atoms with Crippen molar-refractivity contribution in [2.75, 3.05) is 16.8 Å². The second-order valence-corrected chi connectivity index (χ2v) is 13.1. The van der Waals surface area contributed by atoms with Gasteiger partial charge in [-0.2, -0.15) is 13.2 Å². The number of carbonyl (C=O) groups is 4. The summed E-state index contributed by atoms with van der Waals surface area (Å²) in [6.45, 7) is 1.21. The van der Waals surface area contributed by atoms with Gasteiger partial charge in [-0.05, 0) is 61.0 Å². The standard InChI is InChI=1S/C32H23ClF3N3O6S2/c1-2-45-30(43)17-9-13-19(14-10-17)39-27(41)24-23(16-7-11-18(33)12-8-16)26-29(46-25(24)28(39)42)38(31(44)47-26)15-22(40)37-21-6-4-3-5-20(21)32(34,35)36/h3-14,23-25H,2,15H2,1H3,(H,37,40)/t23-,24?,25?/m1/s1. The largest absolute Gasteiger partial charge is 0.462 e. The van der Waals surface area contributed by atoms with E-state index in [-0.39, 0.29) is 22.9 Å². The van der Waals surface area contributed by atoms with E-state index in [0.717, 1.165) is 44.7 Å². The van der Waals surface area contributed by atoms with Crippen molar-refractivity contribution in [2.24, 2.45) is 5.92 Å². The van der Waals surface area contributed by atoms with Crippen molar-refractivity contribution in [3.63, 3.8) is 0 Å². The third kappa shape index (κ3) is 6.08. The number of anilines is 2. The van der Waals surface area contributed by atoms with E-state index in [0.29, 0.717) is 15.5 Å². The first-order valence-corrected chi connectivity index (χ1v) is 16.2. The highest BCUT2D eigenvalue weighted by atomic mass is 35.5. The summed E-state index contributed by atoms with van der Waals surface area (Å²) in [5.41, 5.74) is -0.429. The summed E-state index contributed by atoms with van der Waals surface area (Å²) in [4.78, 5) is 67.4. The number of carbonyl (C=O) groups excluding carboxylic acids is 4. The number of para-hydroxylation sites is 1. The summed E-state index contributed by atoms with van der Waals surface area (Å²) in [7, 11) is 0. The molecule has 15 heteroatoms. The number of nitrogens with one attached hydrogen (secondary N) is 1. The lowest BCUT2D eigenvalue weighted by atomic mass is 9.83. The van der Waals surface area contributed by atoms with Gasteiger partial charge in [0.2, 0.25) is 17.7 Å². The minimum atomic E-state index is -4.72. The van der Waals surface area contributed by atoms with Crippen molar-refractivity contribution in [1.82, 2.24) is 4.57 Å². The number of nitrogens with zero attached hydrogens (tertiary/aromatic N) is 2. The van der Waals surface area contributed by atoms with E-state index in [1.165, 1.54) is 36.4 Å². The molecular weight excluding hydrogens is 679 g/mol. The predicted molar refractivity (Wildman–Crippen MR) is 170 cm³/mol. The third-order valence-corrected chi connectivity index (χ3v) is 10.6. The molecule has 0 radical (unpaired) electrons. The molecule has 2 aliphatic heterocycles. The van der Waals surface area contributed by atoms with Crippen LogP contribution in [0.3, 0.4) is 0 Å². The molecule has 9 nitrogen and oxygen atoms in total. The first-order chi connectivity index (χ1) is 22.4. The average molecular weight is 702 g/mol. The molecule has 4 aromatic rings. The van der Waals surface area contributed by atoms with Gasteiger partial charge >= 0.3 is 17.0 Å². The molecule has 2 aliphatic rings. The number of hydrogen-bond donors (Lipinski definition) is 1. The summed E-state index contributed by atoms with van der Waals surface area (Å²) >= 11 is 7.89. The van der Waals surface area contributed by atoms with Crippen LogP contribution in [0.4, 0.5) is 24.5 Å². The van der Waals surface area contributed by atoms with E-state index in [1.54, 1.807) is 31.2 Å². The topological polar surface area (TPSA) is 115 Å². The van der Waals surface area contributed by atoms with E-state index in [2.05, 4.69) is 5.32 Å². The number of aromatic nitrogens is 1. The molecule has 0 spiro atoms. The number of rotatable bonds is 7. The SMILES string of the molecule is CCOC(=O)c1ccc(N2C(=O)C3Sc4c(sc(=O)n4CC(=O)Nc4ccccc4C(F)(F)F)[C@H](c4ccc(Cl)cc4)C3C2=O)cc1. The Hall–Kier alpha value is -4.40. The van der Waals surface area contributed by atoms with Crippen LogP contribution in [0.2, 0.25) is 5.02 Å². The minimum absolute atomic E-state index is 0.175. The van der Waals surface area contributed by atoms with Crippen LogP contribution in [0.25, 0.3) is 0 Å². The number of imide groups is 1. The zero-order valence-electron chi connectivity index (χ0n) is 24.2. The number of amides is 3. The molecule has 3 heterocycles. The summed E-state index contributed by atoms with van der Waals surface area (Å²) in [6, 6.07) is 16.9. The molecule has 3 amide bonds. The van der Waals surface area contributed by atoms with E-state index in [9.17, 15) is 37.1 Å². The number of ether oxygens (including phenoxy) is 1. The maximum atomic E-state index is 14.1. The van der Waals surface area contributed by atoms with E-state index in [1.807, 2.05) is 0 Å². The summed E-state index contributed by atoms with van der Waals surface area (Å²) in [5.74, 6) is -4.24. The maximum Gasteiger partial charge on any atom is 0.418 e. The molecule has 1 saturated heterocycles. The number of esters is 1. The highest BCUT2D eigenvalue weighted by molar-refractivity contribution is 8.00. The molecule has 242 valence electrons. The average Bonchev–Trinajstić information content (AvgIpc) is 3.47. The molecule has 3 atom stereocenters. The Morgan fingerprint density at radius 1 is 0.957 bits per heavy atom. The number of thiazole rings is 1. The molecule has 3 aromatic carbocycles. The Labute approximate surface area is 278 Å². The highest BCUT2D eigenvalue weighted by Crippen LogP contribution is 2.54. The molecule has 6 rings (SSSR count). The molecule has 47 heavy (non-hydrogen) atoms. The van der Waals surface area contributed by atoms with Gasteiger partial charge in [0.25, 0.3) is 0 Å². The zero-order valence-corrected chi connectivity index (χ0v) is 26.6. The first kappa shape index (κ1) is 32.5. The van der Waals surface area contributed by atoms with Crippen LogP contribution in [-0.2, 0) is 31.8 Å². The Kier molecular flexibility index (Phi) is 8.76. The molecule has 0 bridgehead atoms. The zero-order chi connectivity index (χ0) is 33.6. The van der Waals surface area contributed by atoms with Crippen molar-refractivity contribution >= 4 is 69.8 Å². The molecule has 1 aromatic heterocycles. The number of halogens is 4. The van der Waals surface area contributed by atoms with Crippen molar-refractivity contribution in [1.29, 1.82) is 0 Å². The molecule has 0 aliphatic carbocycles. The normalized spacial score (nSPS) is 18.9. The molecule has 1 N–H and O–H groups in total. The fraction of sp³-hybridized carbons (Fsp3) is 0.219. The van der Waals surface area contributed by atoms with Gasteiger partial charge < -0.3 is 10.1 Å². The van der Waals surface area contributed by atoms with Gasteiger partial charge in [0.1, 0.15) is 11.8 Å². The van der Waals surface area contributed by atoms with E-state index >= 15 is 0 Å². The van der Waals surface area contributed by atoms with Crippen LogP contribution in [0.5, 0.6) is 0 Å². The fourth-order valence-electron chi connectivity index (χ4n) is 5.67. The molecule has 1 fully saturated rings. The Morgan fingerprint density at radius 2 is 1.64 bits per heavy atom. The number of benzene rings is 3. The van der Waals surface area contributed by atoms with Gasteiger partial charge in [-0.1, -0.05) is 59.0 Å². The van der Waals surface area contributed by atoms with Crippen LogP contribution >= 0.6 is 34.7 Å². The predicted octanol–water partition coefficient (Wildman–Crippen LogP) is 6.19. The second kappa shape index (κ2) is 12.7. The lowest BCUT2D eigenvalue weighted by Gasteiger charge is -2.30. The Morgan fingerprint density at radius 3 is 2.30 bits per heavy atom. The van der Waals surface area contributed by atoms with Gasteiger partial charge in [-0.3, -0.25) is 23.7 Å². The summed E-state index contributed by atoms with van der Waals surface area (Å²) in [5, 5.41) is 1.93. The van der Waals surface area contributed by atoms with Crippen LogP contribution in [-0.4, -0.2) is 40.1 Å². The molecule has 0 saturated carbocycles. The van der Waals surface area contributed by atoms with E-state index in [4.69, 9.17) is 16.3 Å². The van der Waals surface area contributed by atoms with Crippen molar-refractivity contribution < 1.29 is 37.1 Å². The fourth-order valence-corrected chi connectivity index (χ4v) is 8.57. The highest BCUT2D eigenvalue weighted by Gasteiger charge is 2.56. The molecule has 2 unspecified atom stereocenters. The number of fused-ring (bicyclic) bond motifs is 2. The van der Waals surface area contributed by atoms with Gasteiger partial charge in [-0.15, -0.1) is 0 Å². The molecular formula is C32H23ClF3N3O6S2. The van der Waals surface area contributed by atoms with Gasteiger partial charge in [0.15, 0.2) is 0 Å². The smallest absolute Gasteiger partial charge is 0.418 e. The van der Waals surface area contributed by atoms with Crippen LogP contribution in [0.1, 0.15) is 39.2 Å². The van der Waals surface area contributed by atoms with E-state index < -0.39 is 69.6 Å². The second-order valence-electron chi connectivity index (χ2n) is 10.6. The monoisotopic (exact) mass is 701 g/mol. The number of thioether (sulfide) groups is 1. The van der Waals surface area contributed by atoms with Gasteiger partial charge in [0, 0.05) is 15.8 Å². The quantitative estimate of drug-likeness (QED) is 0.181. The van der Waals surface area contributed by atoms with Gasteiger partial charge in [0.05, 0.1) is 40.1 Å². The number of hydrogen-bond acceptors (Lipinski definition) is 8. The van der Waals surface area contributed by atoms with Crippen LogP contribution < -0.4 is 15.1 Å². The first-order valence-electron chi connectivity index (χ1n) is 14.2. The third-order valence-electron chi connectivity index (χ3n) is 7.72. The minimum Gasteiger partial charge on any atom is -0.462 e. The van der Waals surface area contributed by atoms with Crippen molar-refractivity contribution in [3.05, 3.63) is 109 Å². The maximum absolute atomic E-state index is 14.1. The Bertz CT molecular complexity index is 1960.